The Hall–Kier alpha value is -3.72. The zero-order valence-corrected chi connectivity index (χ0v) is 20.3. The van der Waals surface area contributed by atoms with Gasteiger partial charge in [-0.2, -0.15) is 5.10 Å². The molecule has 0 aliphatic rings. The van der Waals surface area contributed by atoms with Gasteiger partial charge in [0, 0.05) is 36.0 Å². The third-order valence-corrected chi connectivity index (χ3v) is 6.01. The summed E-state index contributed by atoms with van der Waals surface area (Å²) in [5.41, 5.74) is 2.53. The number of carbonyl (C=O) groups is 1. The van der Waals surface area contributed by atoms with E-state index >= 15 is 0 Å². The van der Waals surface area contributed by atoms with Gasteiger partial charge in [-0.25, -0.2) is 4.68 Å². The van der Waals surface area contributed by atoms with Crippen LogP contribution in [0, 0.1) is 0 Å². The first kappa shape index (κ1) is 23.4. The summed E-state index contributed by atoms with van der Waals surface area (Å²) >= 11 is 1.33. The van der Waals surface area contributed by atoms with Gasteiger partial charge in [0.15, 0.2) is 11.0 Å². The number of thioether (sulfide) groups is 1. The molecule has 3 aromatic heterocycles. The number of pyridine rings is 1. The number of anilines is 1. The predicted octanol–water partition coefficient (Wildman–Crippen LogP) is 4.74. The van der Waals surface area contributed by atoms with Crippen molar-refractivity contribution >= 4 is 23.5 Å². The summed E-state index contributed by atoms with van der Waals surface area (Å²) in [6, 6.07) is 15.4. The first-order valence-electron chi connectivity index (χ1n) is 10.9. The summed E-state index contributed by atoms with van der Waals surface area (Å²) in [7, 11) is 0. The fourth-order valence-corrected chi connectivity index (χ4v) is 4.06. The van der Waals surface area contributed by atoms with E-state index in [-0.39, 0.29) is 17.1 Å². The second kappa shape index (κ2) is 10.0. The molecule has 0 spiro atoms. The molecule has 8 nitrogen and oxygen atoms in total. The van der Waals surface area contributed by atoms with Crippen LogP contribution in [0.3, 0.4) is 0 Å². The van der Waals surface area contributed by atoms with Gasteiger partial charge < -0.3 is 5.32 Å². The first-order chi connectivity index (χ1) is 16.4. The molecular weight excluding hydrogens is 446 g/mol. The van der Waals surface area contributed by atoms with Gasteiger partial charge in [-0.1, -0.05) is 56.8 Å². The topological polar surface area (TPSA) is 90.5 Å². The lowest BCUT2D eigenvalue weighted by Gasteiger charge is -2.14. The van der Waals surface area contributed by atoms with Crippen LogP contribution in [0.4, 0.5) is 5.82 Å². The van der Waals surface area contributed by atoms with Crippen molar-refractivity contribution in [1.29, 1.82) is 0 Å². The Labute approximate surface area is 203 Å². The molecule has 34 heavy (non-hydrogen) atoms. The normalized spacial score (nSPS) is 11.4. The maximum atomic E-state index is 12.9. The Morgan fingerprint density at radius 3 is 2.53 bits per heavy atom. The van der Waals surface area contributed by atoms with Crippen molar-refractivity contribution in [2.24, 2.45) is 0 Å². The fraction of sp³-hybridized carbons (Fsp3) is 0.240. The number of nitrogens with zero attached hydrogens (tertiary/aromatic N) is 6. The highest BCUT2D eigenvalue weighted by atomic mass is 32.2. The van der Waals surface area contributed by atoms with Crippen LogP contribution in [0.2, 0.25) is 0 Å². The molecular formula is C25H27N7OS. The fourth-order valence-electron chi connectivity index (χ4n) is 3.32. The summed E-state index contributed by atoms with van der Waals surface area (Å²) in [5.74, 6) is 1.37. The minimum Gasteiger partial charge on any atom is -0.310 e. The summed E-state index contributed by atoms with van der Waals surface area (Å²) in [4.78, 5) is 17.0. The van der Waals surface area contributed by atoms with E-state index in [1.807, 2.05) is 53.1 Å². The van der Waals surface area contributed by atoms with E-state index in [2.05, 4.69) is 47.8 Å². The third kappa shape index (κ3) is 5.26. The molecule has 0 unspecified atom stereocenters. The number of rotatable bonds is 8. The molecule has 9 heteroatoms. The van der Waals surface area contributed by atoms with Crippen LogP contribution >= 0.6 is 11.8 Å². The summed E-state index contributed by atoms with van der Waals surface area (Å²) in [6.45, 7) is 10.7. The standard InChI is InChI=1S/C25H27N7OS/c1-5-15-31-23(18-11-13-26-14-12-18)28-29-24(31)34-17-22(33)27-21-16-20(25(2,3)4)30-32(21)19-9-7-6-8-10-19/h5-14,16H,1,15,17H2,2-4H3,(H,27,33). The predicted molar refractivity (Wildman–Crippen MR) is 135 cm³/mol. The van der Waals surface area contributed by atoms with Crippen LogP contribution in [-0.4, -0.2) is 41.2 Å². The number of allylic oxidation sites excluding steroid dienone is 1. The summed E-state index contributed by atoms with van der Waals surface area (Å²) < 4.78 is 3.71. The molecule has 0 aliphatic carbocycles. The van der Waals surface area contributed by atoms with Crippen LogP contribution in [-0.2, 0) is 16.8 Å². The number of hydrogen-bond donors (Lipinski definition) is 1. The number of carbonyl (C=O) groups excluding carboxylic acids is 1. The highest BCUT2D eigenvalue weighted by Gasteiger charge is 2.22. The lowest BCUT2D eigenvalue weighted by molar-refractivity contribution is -0.113. The van der Waals surface area contributed by atoms with E-state index in [1.54, 1.807) is 23.2 Å². The summed E-state index contributed by atoms with van der Waals surface area (Å²) in [6.07, 6.45) is 5.21. The average Bonchev–Trinajstić information content (AvgIpc) is 3.43. The maximum Gasteiger partial charge on any atom is 0.236 e. The molecule has 0 saturated carbocycles. The lowest BCUT2D eigenvalue weighted by atomic mass is 9.92. The summed E-state index contributed by atoms with van der Waals surface area (Å²) in [5, 5.41) is 17.0. The Balaban J connectivity index is 1.53. The monoisotopic (exact) mass is 473 g/mol. The van der Waals surface area contributed by atoms with E-state index in [4.69, 9.17) is 5.10 Å². The van der Waals surface area contributed by atoms with Gasteiger partial charge in [0.2, 0.25) is 5.91 Å². The number of amides is 1. The van der Waals surface area contributed by atoms with E-state index in [1.165, 1.54) is 11.8 Å². The van der Waals surface area contributed by atoms with E-state index in [0.29, 0.717) is 23.3 Å². The molecule has 0 atom stereocenters. The van der Waals surface area contributed by atoms with Crippen LogP contribution in [0.25, 0.3) is 17.1 Å². The van der Waals surface area contributed by atoms with Crippen LogP contribution < -0.4 is 5.32 Å². The minimum absolute atomic E-state index is 0.152. The van der Waals surface area contributed by atoms with Gasteiger partial charge in [0.1, 0.15) is 5.82 Å². The molecule has 0 bridgehead atoms. The number of aromatic nitrogens is 6. The average molecular weight is 474 g/mol. The molecule has 174 valence electrons. The number of benzene rings is 1. The highest BCUT2D eigenvalue weighted by molar-refractivity contribution is 7.99. The smallest absolute Gasteiger partial charge is 0.236 e. The van der Waals surface area contributed by atoms with Crippen molar-refractivity contribution in [2.75, 3.05) is 11.1 Å². The quantitative estimate of drug-likeness (QED) is 0.294. The Bertz CT molecular complexity index is 1270. The largest absolute Gasteiger partial charge is 0.310 e. The maximum absolute atomic E-state index is 12.9. The minimum atomic E-state index is -0.154. The molecule has 0 radical (unpaired) electrons. The molecule has 1 aromatic carbocycles. The third-order valence-electron chi connectivity index (χ3n) is 5.05. The van der Waals surface area contributed by atoms with Gasteiger partial charge >= 0.3 is 0 Å². The van der Waals surface area contributed by atoms with Crippen LogP contribution in [0.5, 0.6) is 0 Å². The van der Waals surface area contributed by atoms with Crippen molar-refractivity contribution in [3.05, 3.63) is 79.3 Å². The molecule has 0 saturated heterocycles. The van der Waals surface area contributed by atoms with Gasteiger partial charge in [-0.3, -0.25) is 14.3 Å². The zero-order chi connectivity index (χ0) is 24.1. The van der Waals surface area contributed by atoms with Gasteiger partial charge in [0.05, 0.1) is 17.1 Å². The van der Waals surface area contributed by atoms with E-state index in [0.717, 1.165) is 16.9 Å². The van der Waals surface area contributed by atoms with Crippen molar-refractivity contribution in [2.45, 2.75) is 37.9 Å². The zero-order valence-electron chi connectivity index (χ0n) is 19.5. The number of hydrogen-bond acceptors (Lipinski definition) is 6. The van der Waals surface area contributed by atoms with Crippen molar-refractivity contribution in [1.82, 2.24) is 29.5 Å². The molecule has 3 heterocycles. The van der Waals surface area contributed by atoms with Gasteiger partial charge in [-0.05, 0) is 24.3 Å². The van der Waals surface area contributed by atoms with E-state index < -0.39 is 0 Å². The Morgan fingerprint density at radius 1 is 1.12 bits per heavy atom. The van der Waals surface area contributed by atoms with Crippen LogP contribution in [0.15, 0.2) is 78.7 Å². The highest BCUT2D eigenvalue weighted by Crippen LogP contribution is 2.27. The van der Waals surface area contributed by atoms with Crippen molar-refractivity contribution in [3.63, 3.8) is 0 Å². The first-order valence-corrected chi connectivity index (χ1v) is 11.9. The molecule has 0 aliphatic heterocycles. The molecule has 4 aromatic rings. The van der Waals surface area contributed by atoms with E-state index in [9.17, 15) is 4.79 Å². The van der Waals surface area contributed by atoms with Crippen LogP contribution in [0.1, 0.15) is 26.5 Å². The van der Waals surface area contributed by atoms with Crippen molar-refractivity contribution < 1.29 is 4.79 Å². The number of para-hydroxylation sites is 1. The lowest BCUT2D eigenvalue weighted by Crippen LogP contribution is -2.17. The second-order valence-electron chi connectivity index (χ2n) is 8.69. The Morgan fingerprint density at radius 2 is 1.85 bits per heavy atom. The van der Waals surface area contributed by atoms with Gasteiger partial charge in [0.25, 0.3) is 0 Å². The molecule has 0 fully saturated rings. The van der Waals surface area contributed by atoms with Gasteiger partial charge in [-0.15, -0.1) is 16.8 Å². The number of nitrogens with one attached hydrogen (secondary N) is 1. The SMILES string of the molecule is C=CCn1c(SCC(=O)Nc2cc(C(C)(C)C)nn2-c2ccccc2)nnc1-c1ccncc1. The molecule has 1 amide bonds. The second-order valence-corrected chi connectivity index (χ2v) is 9.63. The Kier molecular flexibility index (Phi) is 6.93. The van der Waals surface area contributed by atoms with Crippen molar-refractivity contribution in [3.8, 4) is 17.1 Å². The molecule has 1 N–H and O–H groups in total. The molecule has 4 rings (SSSR count).